The molecule has 1 rings (SSSR count). The Kier molecular flexibility index (Phi) is 5.85. The average Bonchev–Trinajstić information content (AvgIpc) is 2.27. The molecule has 0 saturated carbocycles. The van der Waals surface area contributed by atoms with Crippen molar-refractivity contribution in [3.05, 3.63) is 28.8 Å². The average molecular weight is 254 g/mol. The number of terminal acetylenes is 1. The van der Waals surface area contributed by atoms with E-state index < -0.39 is 0 Å². The number of hydrogen-bond acceptors (Lipinski definition) is 3. The quantitative estimate of drug-likeness (QED) is 0.760. The van der Waals surface area contributed by atoms with E-state index >= 15 is 0 Å². The minimum Gasteiger partial charge on any atom is -0.481 e. The Labute approximate surface area is 107 Å². The predicted molar refractivity (Wildman–Crippen MR) is 69.2 cm³/mol. The molecule has 92 valence electrons. The SMILES string of the molecule is C#CCOc1ccc(Cl)cc1CNC[C@@H](C)O. The lowest BCUT2D eigenvalue weighted by molar-refractivity contribution is 0.190. The summed E-state index contributed by atoms with van der Waals surface area (Å²) in [5, 5.41) is 12.9. The zero-order valence-electron chi connectivity index (χ0n) is 9.74. The van der Waals surface area contributed by atoms with Crippen LogP contribution < -0.4 is 10.1 Å². The molecule has 0 aliphatic rings. The highest BCUT2D eigenvalue weighted by molar-refractivity contribution is 6.30. The van der Waals surface area contributed by atoms with Crippen LogP contribution in [0, 0.1) is 12.3 Å². The molecular formula is C13H16ClNO2. The maximum Gasteiger partial charge on any atom is 0.148 e. The number of benzene rings is 1. The second-order valence-corrected chi connectivity index (χ2v) is 4.16. The molecule has 3 nitrogen and oxygen atoms in total. The van der Waals surface area contributed by atoms with E-state index in [1.807, 2.05) is 6.07 Å². The molecule has 0 aliphatic heterocycles. The van der Waals surface area contributed by atoms with E-state index in [1.165, 1.54) is 0 Å². The topological polar surface area (TPSA) is 41.5 Å². The highest BCUT2D eigenvalue weighted by Gasteiger charge is 2.05. The molecule has 0 spiro atoms. The summed E-state index contributed by atoms with van der Waals surface area (Å²) in [6, 6.07) is 5.37. The predicted octanol–water partition coefficient (Wildman–Crippen LogP) is 1.82. The van der Waals surface area contributed by atoms with Gasteiger partial charge in [0, 0.05) is 23.7 Å². The van der Waals surface area contributed by atoms with Crippen LogP contribution in [0.25, 0.3) is 0 Å². The number of halogens is 1. The van der Waals surface area contributed by atoms with Gasteiger partial charge in [0.15, 0.2) is 0 Å². The molecule has 1 aromatic carbocycles. The van der Waals surface area contributed by atoms with Crippen LogP contribution in [0.5, 0.6) is 5.75 Å². The van der Waals surface area contributed by atoms with Crippen LogP contribution in [0.4, 0.5) is 0 Å². The van der Waals surface area contributed by atoms with Crippen molar-refractivity contribution in [2.75, 3.05) is 13.2 Å². The first-order chi connectivity index (χ1) is 8.13. The maximum absolute atomic E-state index is 9.15. The van der Waals surface area contributed by atoms with Crippen molar-refractivity contribution in [1.82, 2.24) is 5.32 Å². The van der Waals surface area contributed by atoms with Crippen LogP contribution in [0.1, 0.15) is 12.5 Å². The highest BCUT2D eigenvalue weighted by Crippen LogP contribution is 2.22. The molecule has 1 atom stereocenters. The molecule has 0 amide bonds. The van der Waals surface area contributed by atoms with Gasteiger partial charge >= 0.3 is 0 Å². The molecular weight excluding hydrogens is 238 g/mol. The normalized spacial score (nSPS) is 11.9. The van der Waals surface area contributed by atoms with Gasteiger partial charge in [0.25, 0.3) is 0 Å². The number of hydrogen-bond donors (Lipinski definition) is 2. The van der Waals surface area contributed by atoms with Crippen LogP contribution in [0.3, 0.4) is 0 Å². The lowest BCUT2D eigenvalue weighted by Crippen LogP contribution is -2.24. The minimum atomic E-state index is -0.385. The van der Waals surface area contributed by atoms with Crippen molar-refractivity contribution in [3.63, 3.8) is 0 Å². The number of ether oxygens (including phenoxy) is 1. The van der Waals surface area contributed by atoms with Gasteiger partial charge < -0.3 is 15.2 Å². The molecule has 4 heteroatoms. The van der Waals surface area contributed by atoms with Gasteiger partial charge in [0.05, 0.1) is 6.10 Å². The molecule has 0 aromatic heterocycles. The maximum atomic E-state index is 9.15. The Morgan fingerprint density at radius 3 is 3.00 bits per heavy atom. The van der Waals surface area contributed by atoms with Gasteiger partial charge in [-0.3, -0.25) is 0 Å². The number of nitrogens with one attached hydrogen (secondary N) is 1. The molecule has 1 aromatic rings. The van der Waals surface area contributed by atoms with E-state index in [1.54, 1.807) is 19.1 Å². The fraction of sp³-hybridized carbons (Fsp3) is 0.385. The van der Waals surface area contributed by atoms with E-state index in [-0.39, 0.29) is 12.7 Å². The Bertz CT molecular complexity index is 399. The van der Waals surface area contributed by atoms with Crippen LogP contribution in [0.15, 0.2) is 18.2 Å². The van der Waals surface area contributed by atoms with Gasteiger partial charge in [-0.25, -0.2) is 0 Å². The summed E-state index contributed by atoms with van der Waals surface area (Å²) >= 11 is 5.92. The Morgan fingerprint density at radius 2 is 2.35 bits per heavy atom. The molecule has 0 radical (unpaired) electrons. The molecule has 0 fully saturated rings. The van der Waals surface area contributed by atoms with E-state index in [0.717, 1.165) is 5.56 Å². The summed E-state index contributed by atoms with van der Waals surface area (Å²) in [6.07, 6.45) is 4.76. The summed E-state index contributed by atoms with van der Waals surface area (Å²) in [6.45, 7) is 3.04. The third-order valence-corrected chi connectivity index (χ3v) is 2.32. The van der Waals surface area contributed by atoms with Crippen LogP contribution in [0.2, 0.25) is 5.02 Å². The molecule has 17 heavy (non-hydrogen) atoms. The monoisotopic (exact) mass is 253 g/mol. The van der Waals surface area contributed by atoms with E-state index in [2.05, 4.69) is 11.2 Å². The summed E-state index contributed by atoms with van der Waals surface area (Å²) < 4.78 is 5.40. The molecule has 0 heterocycles. The lowest BCUT2D eigenvalue weighted by Gasteiger charge is -2.12. The molecule has 0 unspecified atom stereocenters. The zero-order chi connectivity index (χ0) is 12.7. The van der Waals surface area contributed by atoms with Gasteiger partial charge in [-0.1, -0.05) is 17.5 Å². The summed E-state index contributed by atoms with van der Waals surface area (Å²) in [5.74, 6) is 3.13. The zero-order valence-corrected chi connectivity index (χ0v) is 10.5. The first-order valence-electron chi connectivity index (χ1n) is 5.37. The second kappa shape index (κ2) is 7.18. The lowest BCUT2D eigenvalue weighted by atomic mass is 10.2. The molecule has 0 bridgehead atoms. The van der Waals surface area contributed by atoms with E-state index in [9.17, 15) is 0 Å². The van der Waals surface area contributed by atoms with Crippen molar-refractivity contribution in [1.29, 1.82) is 0 Å². The van der Waals surface area contributed by atoms with Crippen molar-refractivity contribution in [2.24, 2.45) is 0 Å². The van der Waals surface area contributed by atoms with E-state index in [4.69, 9.17) is 27.9 Å². The first kappa shape index (κ1) is 13.9. The van der Waals surface area contributed by atoms with Gasteiger partial charge in [0.2, 0.25) is 0 Å². The van der Waals surface area contributed by atoms with Crippen LogP contribution >= 0.6 is 11.6 Å². The number of aliphatic hydroxyl groups excluding tert-OH is 1. The van der Waals surface area contributed by atoms with Gasteiger partial charge in [-0.15, -0.1) is 6.42 Å². The summed E-state index contributed by atoms with van der Waals surface area (Å²) in [4.78, 5) is 0. The number of rotatable bonds is 6. The molecule has 0 saturated heterocycles. The fourth-order valence-electron chi connectivity index (χ4n) is 1.36. The van der Waals surface area contributed by atoms with Crippen molar-refractivity contribution >= 4 is 11.6 Å². The van der Waals surface area contributed by atoms with Crippen LogP contribution in [-0.2, 0) is 6.54 Å². The fourth-order valence-corrected chi connectivity index (χ4v) is 1.56. The van der Waals surface area contributed by atoms with Gasteiger partial charge in [-0.2, -0.15) is 0 Å². The smallest absolute Gasteiger partial charge is 0.148 e. The first-order valence-corrected chi connectivity index (χ1v) is 5.74. The van der Waals surface area contributed by atoms with Crippen molar-refractivity contribution < 1.29 is 9.84 Å². The third kappa shape index (κ3) is 5.10. The van der Waals surface area contributed by atoms with E-state index in [0.29, 0.717) is 23.9 Å². The van der Waals surface area contributed by atoms with Crippen molar-refractivity contribution in [2.45, 2.75) is 19.6 Å². The Hall–Kier alpha value is -1.21. The Morgan fingerprint density at radius 1 is 1.59 bits per heavy atom. The van der Waals surface area contributed by atoms with Gasteiger partial charge in [-0.05, 0) is 25.1 Å². The Balaban J connectivity index is 2.66. The highest BCUT2D eigenvalue weighted by atomic mass is 35.5. The minimum absolute atomic E-state index is 0.227. The number of aliphatic hydroxyl groups is 1. The standard InChI is InChI=1S/C13H16ClNO2/c1-3-6-17-13-5-4-12(14)7-11(13)9-15-8-10(2)16/h1,4-5,7,10,15-16H,6,8-9H2,2H3/t10-/m1/s1. The largest absolute Gasteiger partial charge is 0.481 e. The third-order valence-electron chi connectivity index (χ3n) is 2.09. The molecule has 2 N–H and O–H groups in total. The van der Waals surface area contributed by atoms with Gasteiger partial charge in [0.1, 0.15) is 12.4 Å². The summed E-state index contributed by atoms with van der Waals surface area (Å²) in [5.41, 5.74) is 0.924. The second-order valence-electron chi connectivity index (χ2n) is 3.72. The van der Waals surface area contributed by atoms with Crippen LogP contribution in [-0.4, -0.2) is 24.4 Å². The summed E-state index contributed by atoms with van der Waals surface area (Å²) in [7, 11) is 0. The molecule has 0 aliphatic carbocycles. The van der Waals surface area contributed by atoms with Crippen molar-refractivity contribution in [3.8, 4) is 18.1 Å².